The molecule has 0 saturated carbocycles. The van der Waals surface area contributed by atoms with E-state index >= 15 is 0 Å². The number of carbonyl (C=O) groups is 4. The molecule has 1 heterocycles. The van der Waals surface area contributed by atoms with E-state index in [1.165, 1.54) is 32.0 Å². The first-order valence-electron chi connectivity index (χ1n) is 9.16. The average Bonchev–Trinajstić information content (AvgIpc) is 2.97. The number of anilines is 1. The summed E-state index contributed by atoms with van der Waals surface area (Å²) in [6, 6.07) is 8.74. The molecule has 0 bridgehead atoms. The van der Waals surface area contributed by atoms with Crippen LogP contribution in [0, 0.1) is 0 Å². The number of imide groups is 1. The minimum Gasteiger partial charge on any atom is -0.451 e. The van der Waals surface area contributed by atoms with Gasteiger partial charge in [0.2, 0.25) is 0 Å². The fraction of sp³-hybridized carbons (Fsp3) is 0.238. The lowest BCUT2D eigenvalue weighted by Gasteiger charge is -2.22. The van der Waals surface area contributed by atoms with Gasteiger partial charge in [-0.05, 0) is 44.2 Å². The average molecular weight is 434 g/mol. The molecule has 0 aliphatic carbocycles. The number of amides is 3. The van der Waals surface area contributed by atoms with Crippen molar-refractivity contribution >= 4 is 29.4 Å². The summed E-state index contributed by atoms with van der Waals surface area (Å²) in [7, 11) is 0. The van der Waals surface area contributed by atoms with Gasteiger partial charge in [-0.1, -0.05) is 18.2 Å². The van der Waals surface area contributed by atoms with E-state index in [4.69, 9.17) is 4.74 Å². The molecular formula is C21H17F3N2O5. The minimum atomic E-state index is -4.58. The fourth-order valence-electron chi connectivity index (χ4n) is 3.01. The van der Waals surface area contributed by atoms with E-state index < -0.39 is 47.6 Å². The molecule has 0 fully saturated rings. The third kappa shape index (κ3) is 4.42. The zero-order valence-corrected chi connectivity index (χ0v) is 16.4. The van der Waals surface area contributed by atoms with Gasteiger partial charge in [-0.15, -0.1) is 0 Å². The fourth-order valence-corrected chi connectivity index (χ4v) is 3.01. The maximum absolute atomic E-state index is 12.8. The Morgan fingerprint density at radius 2 is 1.55 bits per heavy atom. The van der Waals surface area contributed by atoms with Gasteiger partial charge in [-0.2, -0.15) is 13.2 Å². The van der Waals surface area contributed by atoms with Crippen LogP contribution in [-0.2, 0) is 20.5 Å². The summed E-state index contributed by atoms with van der Waals surface area (Å²) in [5.74, 6) is -3.21. The summed E-state index contributed by atoms with van der Waals surface area (Å²) in [4.78, 5) is 50.3. The minimum absolute atomic E-state index is 0.129. The molecule has 1 aliphatic rings. The quantitative estimate of drug-likeness (QED) is 0.576. The van der Waals surface area contributed by atoms with E-state index in [0.29, 0.717) is 0 Å². The first-order chi connectivity index (χ1) is 14.5. The van der Waals surface area contributed by atoms with Crippen LogP contribution in [0.15, 0.2) is 48.5 Å². The van der Waals surface area contributed by atoms with Gasteiger partial charge in [0.25, 0.3) is 17.7 Å². The predicted octanol–water partition coefficient (Wildman–Crippen LogP) is 3.26. The van der Waals surface area contributed by atoms with Crippen molar-refractivity contribution in [3.8, 4) is 0 Å². The monoisotopic (exact) mass is 434 g/mol. The Labute approximate surface area is 174 Å². The number of fused-ring (bicyclic) bond motifs is 1. The molecule has 7 nitrogen and oxygen atoms in total. The van der Waals surface area contributed by atoms with Crippen LogP contribution in [0.3, 0.4) is 0 Å². The number of esters is 1. The third-order valence-corrected chi connectivity index (χ3v) is 4.67. The molecule has 0 spiro atoms. The number of carbonyl (C=O) groups excluding carboxylic acids is 4. The second-order valence-electron chi connectivity index (χ2n) is 6.85. The van der Waals surface area contributed by atoms with E-state index in [0.717, 1.165) is 23.1 Å². The van der Waals surface area contributed by atoms with Gasteiger partial charge in [0.1, 0.15) is 6.04 Å². The highest BCUT2D eigenvalue weighted by molar-refractivity contribution is 6.22. The number of nitrogens with one attached hydrogen (secondary N) is 1. The normalized spacial score (nSPS) is 15.3. The van der Waals surface area contributed by atoms with E-state index in [1.54, 1.807) is 12.1 Å². The summed E-state index contributed by atoms with van der Waals surface area (Å²) in [5.41, 5.74) is -0.768. The molecule has 0 saturated heterocycles. The van der Waals surface area contributed by atoms with Crippen LogP contribution in [-0.4, -0.2) is 40.7 Å². The molecule has 2 aromatic rings. The number of hydrogen-bond acceptors (Lipinski definition) is 5. The van der Waals surface area contributed by atoms with Crippen molar-refractivity contribution in [3.05, 3.63) is 65.2 Å². The molecule has 3 amide bonds. The van der Waals surface area contributed by atoms with Gasteiger partial charge in [0, 0.05) is 5.69 Å². The molecule has 1 N–H and O–H groups in total. The summed E-state index contributed by atoms with van der Waals surface area (Å²) in [6.45, 7) is 2.50. The van der Waals surface area contributed by atoms with Crippen LogP contribution in [0.5, 0.6) is 0 Å². The lowest BCUT2D eigenvalue weighted by Crippen LogP contribution is -2.45. The van der Waals surface area contributed by atoms with Gasteiger partial charge < -0.3 is 10.1 Å². The lowest BCUT2D eigenvalue weighted by molar-refractivity contribution is -0.156. The highest BCUT2D eigenvalue weighted by atomic mass is 19.4. The maximum Gasteiger partial charge on any atom is 0.416 e. The molecule has 10 heteroatoms. The van der Waals surface area contributed by atoms with Crippen molar-refractivity contribution in [1.29, 1.82) is 0 Å². The third-order valence-electron chi connectivity index (χ3n) is 4.67. The van der Waals surface area contributed by atoms with Crippen molar-refractivity contribution in [2.75, 3.05) is 5.32 Å². The molecule has 2 unspecified atom stereocenters. The Kier molecular flexibility index (Phi) is 5.83. The largest absolute Gasteiger partial charge is 0.451 e. The van der Waals surface area contributed by atoms with Gasteiger partial charge in [-0.25, -0.2) is 4.79 Å². The summed E-state index contributed by atoms with van der Waals surface area (Å²) in [5, 5.41) is 2.24. The highest BCUT2D eigenvalue weighted by Gasteiger charge is 2.41. The van der Waals surface area contributed by atoms with Crippen molar-refractivity contribution < 1.29 is 37.1 Å². The van der Waals surface area contributed by atoms with Crippen LogP contribution in [0.25, 0.3) is 0 Å². The van der Waals surface area contributed by atoms with E-state index in [9.17, 15) is 32.3 Å². The molecule has 162 valence electrons. The zero-order chi connectivity index (χ0) is 22.9. The van der Waals surface area contributed by atoms with Crippen LogP contribution < -0.4 is 5.32 Å². The van der Waals surface area contributed by atoms with Crippen LogP contribution >= 0.6 is 0 Å². The molecule has 0 radical (unpaired) electrons. The molecule has 31 heavy (non-hydrogen) atoms. The number of alkyl halides is 3. The van der Waals surface area contributed by atoms with Crippen LogP contribution in [0.2, 0.25) is 0 Å². The topological polar surface area (TPSA) is 92.8 Å². The molecule has 0 aromatic heterocycles. The number of benzene rings is 2. The Balaban J connectivity index is 1.65. The summed E-state index contributed by atoms with van der Waals surface area (Å²) >= 11 is 0. The van der Waals surface area contributed by atoms with E-state index in [2.05, 4.69) is 5.32 Å². The first kappa shape index (κ1) is 22.0. The maximum atomic E-state index is 12.8. The predicted molar refractivity (Wildman–Crippen MR) is 102 cm³/mol. The van der Waals surface area contributed by atoms with Crippen LogP contribution in [0.1, 0.15) is 40.1 Å². The Hall–Kier alpha value is -3.69. The molecule has 2 atom stereocenters. The lowest BCUT2D eigenvalue weighted by atomic mass is 10.1. The Bertz CT molecular complexity index is 1030. The zero-order valence-electron chi connectivity index (χ0n) is 16.4. The summed E-state index contributed by atoms with van der Waals surface area (Å²) < 4.78 is 43.4. The van der Waals surface area contributed by atoms with Crippen LogP contribution in [0.4, 0.5) is 18.9 Å². The van der Waals surface area contributed by atoms with Crippen molar-refractivity contribution in [2.45, 2.75) is 32.2 Å². The van der Waals surface area contributed by atoms with Gasteiger partial charge in [0.15, 0.2) is 6.10 Å². The second-order valence-corrected chi connectivity index (χ2v) is 6.85. The van der Waals surface area contributed by atoms with E-state index in [-0.39, 0.29) is 16.8 Å². The second kappa shape index (κ2) is 8.21. The molecular weight excluding hydrogens is 417 g/mol. The van der Waals surface area contributed by atoms with E-state index in [1.807, 2.05) is 0 Å². The molecule has 2 aromatic carbocycles. The number of hydrogen-bond donors (Lipinski definition) is 1. The highest BCUT2D eigenvalue weighted by Crippen LogP contribution is 2.30. The number of nitrogens with zero attached hydrogens (tertiary/aromatic N) is 1. The van der Waals surface area contributed by atoms with Gasteiger partial charge in [0.05, 0.1) is 16.7 Å². The Morgan fingerprint density at radius 3 is 2.10 bits per heavy atom. The first-order valence-corrected chi connectivity index (χ1v) is 9.16. The van der Waals surface area contributed by atoms with Gasteiger partial charge >= 0.3 is 12.1 Å². The number of ether oxygens (including phenoxy) is 1. The van der Waals surface area contributed by atoms with Gasteiger partial charge in [-0.3, -0.25) is 19.3 Å². The van der Waals surface area contributed by atoms with Crippen molar-refractivity contribution in [1.82, 2.24) is 4.90 Å². The molecule has 3 rings (SSSR count). The number of halogens is 3. The van der Waals surface area contributed by atoms with Crippen molar-refractivity contribution in [2.24, 2.45) is 0 Å². The SMILES string of the molecule is CC(OC(=O)C(C)N1C(=O)c2ccccc2C1=O)C(=O)Nc1cccc(C(F)(F)F)c1. The summed E-state index contributed by atoms with van der Waals surface area (Å²) in [6.07, 6.45) is -5.97. The standard InChI is InChI=1S/C21H17F3N2O5/c1-11(26-18(28)15-8-3-4-9-16(15)19(26)29)20(30)31-12(2)17(27)25-14-7-5-6-13(10-14)21(22,23)24/h3-12H,1-2H3,(H,25,27). The van der Waals surface area contributed by atoms with Crippen molar-refractivity contribution in [3.63, 3.8) is 0 Å². The number of rotatable bonds is 5. The molecule has 1 aliphatic heterocycles. The Morgan fingerprint density at radius 1 is 0.968 bits per heavy atom. The smallest absolute Gasteiger partial charge is 0.416 e.